The molecule has 0 saturated carbocycles. The molecular formula is C32H27ClO6. The van der Waals surface area contributed by atoms with Gasteiger partial charge in [-0.3, -0.25) is 4.79 Å². The molecule has 7 heteroatoms. The molecular weight excluding hydrogens is 516 g/mol. The second kappa shape index (κ2) is 12.5. The Kier molecular flexibility index (Phi) is 8.46. The number of ether oxygens (including phenoxy) is 3. The number of aliphatic hydroxyl groups excluding tert-OH is 1. The highest BCUT2D eigenvalue weighted by Gasteiger charge is 2.13. The number of alkyl halides is 1. The van der Waals surface area contributed by atoms with E-state index in [9.17, 15) is 9.90 Å². The molecule has 0 saturated heterocycles. The number of rotatable bonds is 11. The molecule has 0 amide bonds. The van der Waals surface area contributed by atoms with E-state index in [4.69, 9.17) is 30.2 Å². The topological polar surface area (TPSA) is 78.1 Å². The van der Waals surface area contributed by atoms with Crippen molar-refractivity contribution in [1.82, 2.24) is 0 Å². The predicted molar refractivity (Wildman–Crippen MR) is 152 cm³/mol. The Labute approximate surface area is 231 Å². The zero-order valence-electron chi connectivity index (χ0n) is 21.1. The van der Waals surface area contributed by atoms with Crippen LogP contribution in [0.2, 0.25) is 0 Å². The van der Waals surface area contributed by atoms with Crippen molar-refractivity contribution >= 4 is 22.6 Å². The first-order valence-electron chi connectivity index (χ1n) is 12.5. The molecule has 0 aliphatic carbocycles. The van der Waals surface area contributed by atoms with Crippen LogP contribution in [0.5, 0.6) is 17.2 Å². The highest BCUT2D eigenvalue weighted by Crippen LogP contribution is 2.32. The monoisotopic (exact) mass is 542 g/mol. The normalized spacial score (nSPS) is 11.7. The van der Waals surface area contributed by atoms with E-state index in [1.165, 1.54) is 6.07 Å². The van der Waals surface area contributed by atoms with E-state index in [0.29, 0.717) is 52.8 Å². The molecule has 1 heterocycles. The second-order valence-corrected chi connectivity index (χ2v) is 9.30. The zero-order chi connectivity index (χ0) is 27.0. The summed E-state index contributed by atoms with van der Waals surface area (Å²) in [6.07, 6.45) is -0.798. The minimum Gasteiger partial charge on any atom is -0.491 e. The number of fused-ring (bicyclic) bond motifs is 1. The molecule has 0 unspecified atom stereocenters. The molecule has 5 aromatic rings. The lowest BCUT2D eigenvalue weighted by atomic mass is 10.1. The maximum Gasteiger partial charge on any atom is 0.193 e. The van der Waals surface area contributed by atoms with Gasteiger partial charge in [0.2, 0.25) is 0 Å². The molecule has 0 spiro atoms. The van der Waals surface area contributed by atoms with Gasteiger partial charge in [0.1, 0.15) is 54.5 Å². The Morgan fingerprint density at radius 2 is 1.33 bits per heavy atom. The van der Waals surface area contributed by atoms with Crippen molar-refractivity contribution in [3.05, 3.63) is 124 Å². The molecule has 0 fully saturated rings. The summed E-state index contributed by atoms with van der Waals surface area (Å²) in [5, 5.41) is 10.1. The van der Waals surface area contributed by atoms with Gasteiger partial charge in [0.25, 0.3) is 0 Å². The van der Waals surface area contributed by atoms with Crippen molar-refractivity contribution in [2.75, 3.05) is 12.5 Å². The van der Waals surface area contributed by atoms with Crippen LogP contribution in [-0.2, 0) is 13.2 Å². The first-order valence-corrected chi connectivity index (χ1v) is 13.0. The summed E-state index contributed by atoms with van der Waals surface area (Å²) in [5.41, 5.74) is 2.85. The Bertz CT molecular complexity index is 1520. The number of benzene rings is 4. The highest BCUT2D eigenvalue weighted by atomic mass is 35.5. The van der Waals surface area contributed by atoms with Crippen LogP contribution in [0.15, 0.2) is 112 Å². The van der Waals surface area contributed by atoms with Crippen molar-refractivity contribution in [2.45, 2.75) is 19.3 Å². The van der Waals surface area contributed by atoms with Gasteiger partial charge in [0.05, 0.1) is 11.3 Å². The number of aliphatic hydroxyl groups is 1. The lowest BCUT2D eigenvalue weighted by Crippen LogP contribution is -2.18. The highest BCUT2D eigenvalue weighted by molar-refractivity contribution is 6.18. The first kappa shape index (κ1) is 26.4. The predicted octanol–water partition coefficient (Wildman–Crippen LogP) is 6.60. The van der Waals surface area contributed by atoms with Crippen LogP contribution in [0, 0.1) is 0 Å². The van der Waals surface area contributed by atoms with Crippen molar-refractivity contribution in [1.29, 1.82) is 0 Å². The van der Waals surface area contributed by atoms with E-state index in [-0.39, 0.29) is 17.9 Å². The quantitative estimate of drug-likeness (QED) is 0.190. The third-order valence-corrected chi connectivity index (χ3v) is 6.34. The minimum atomic E-state index is -0.798. The minimum absolute atomic E-state index is 0.0296. The van der Waals surface area contributed by atoms with Crippen molar-refractivity contribution in [3.8, 4) is 28.6 Å². The average molecular weight is 543 g/mol. The average Bonchev–Trinajstić information content (AvgIpc) is 2.98. The number of hydrogen-bond acceptors (Lipinski definition) is 6. The van der Waals surface area contributed by atoms with Gasteiger partial charge in [-0.2, -0.15) is 0 Å². The molecule has 1 atom stereocenters. The lowest BCUT2D eigenvalue weighted by Gasteiger charge is -2.13. The molecule has 198 valence electrons. The van der Waals surface area contributed by atoms with Gasteiger partial charge >= 0.3 is 0 Å². The lowest BCUT2D eigenvalue weighted by molar-refractivity contribution is 0.125. The molecule has 0 bridgehead atoms. The van der Waals surface area contributed by atoms with Crippen LogP contribution in [0.25, 0.3) is 22.3 Å². The largest absolute Gasteiger partial charge is 0.491 e. The van der Waals surface area contributed by atoms with E-state index in [0.717, 1.165) is 11.1 Å². The Morgan fingerprint density at radius 1 is 0.718 bits per heavy atom. The van der Waals surface area contributed by atoms with Gasteiger partial charge in [-0.25, -0.2) is 0 Å². The Hall–Kier alpha value is -4.26. The Balaban J connectivity index is 1.47. The fourth-order valence-corrected chi connectivity index (χ4v) is 4.06. The van der Waals surface area contributed by atoms with Gasteiger partial charge in [-0.15, -0.1) is 11.6 Å². The van der Waals surface area contributed by atoms with Crippen LogP contribution in [0.4, 0.5) is 0 Å². The molecule has 6 nitrogen and oxygen atoms in total. The van der Waals surface area contributed by atoms with Crippen LogP contribution in [-0.4, -0.2) is 23.7 Å². The van der Waals surface area contributed by atoms with E-state index < -0.39 is 6.10 Å². The maximum absolute atomic E-state index is 13.0. The summed E-state index contributed by atoms with van der Waals surface area (Å²) < 4.78 is 23.9. The van der Waals surface area contributed by atoms with E-state index in [1.54, 1.807) is 18.2 Å². The summed E-state index contributed by atoms with van der Waals surface area (Å²) in [7, 11) is 0. The first-order chi connectivity index (χ1) is 19.1. The molecule has 1 aromatic heterocycles. The second-order valence-electron chi connectivity index (χ2n) is 8.99. The molecule has 0 aliphatic heterocycles. The molecule has 5 rings (SSSR count). The van der Waals surface area contributed by atoms with Gasteiger partial charge in [-0.05, 0) is 35.4 Å². The van der Waals surface area contributed by atoms with Crippen molar-refractivity contribution in [3.63, 3.8) is 0 Å². The number of hydrogen-bond donors (Lipinski definition) is 1. The van der Waals surface area contributed by atoms with Gasteiger partial charge in [0, 0.05) is 23.8 Å². The van der Waals surface area contributed by atoms with Crippen LogP contribution < -0.4 is 19.6 Å². The fraction of sp³-hybridized carbons (Fsp3) is 0.156. The van der Waals surface area contributed by atoms with Crippen LogP contribution >= 0.6 is 11.6 Å². The van der Waals surface area contributed by atoms with E-state index in [2.05, 4.69) is 0 Å². The number of halogens is 1. The summed E-state index contributed by atoms with van der Waals surface area (Å²) in [5.74, 6) is 2.03. The van der Waals surface area contributed by atoms with E-state index in [1.807, 2.05) is 78.9 Å². The maximum atomic E-state index is 13.0. The fourth-order valence-electron chi connectivity index (χ4n) is 3.97. The third kappa shape index (κ3) is 6.99. The summed E-state index contributed by atoms with van der Waals surface area (Å²) in [6, 6.07) is 31.6. The molecule has 4 aromatic carbocycles. The van der Waals surface area contributed by atoms with Crippen LogP contribution in [0.1, 0.15) is 11.1 Å². The van der Waals surface area contributed by atoms with E-state index >= 15 is 0 Å². The molecule has 0 aliphatic rings. The third-order valence-electron chi connectivity index (χ3n) is 5.98. The smallest absolute Gasteiger partial charge is 0.193 e. The van der Waals surface area contributed by atoms with Crippen LogP contribution in [0.3, 0.4) is 0 Å². The summed E-state index contributed by atoms with van der Waals surface area (Å²) in [6.45, 7) is 0.778. The summed E-state index contributed by atoms with van der Waals surface area (Å²) in [4.78, 5) is 13.0. The Morgan fingerprint density at radius 3 is 1.92 bits per heavy atom. The molecule has 1 N–H and O–H groups in total. The van der Waals surface area contributed by atoms with Gasteiger partial charge in [-0.1, -0.05) is 60.7 Å². The van der Waals surface area contributed by atoms with Crippen molar-refractivity contribution in [2.24, 2.45) is 0 Å². The molecule has 39 heavy (non-hydrogen) atoms. The van der Waals surface area contributed by atoms with Crippen molar-refractivity contribution < 1.29 is 23.7 Å². The zero-order valence-corrected chi connectivity index (χ0v) is 21.8. The summed E-state index contributed by atoms with van der Waals surface area (Å²) >= 11 is 5.65. The molecule has 0 radical (unpaired) electrons. The van der Waals surface area contributed by atoms with Gasteiger partial charge < -0.3 is 23.7 Å². The SMILES string of the molecule is O=c1cc(-c2cc(OCc3ccccc3)cc(OCc3ccccc3)c2)oc2cc(OC[C@@H](O)CCl)ccc12. The van der Waals surface area contributed by atoms with Gasteiger partial charge in [0.15, 0.2) is 5.43 Å². The standard InChI is InChI=1S/C32H27ClO6/c33-18-25(34)21-38-26-11-12-29-30(35)17-31(39-32(29)16-26)24-13-27(36-19-22-7-3-1-4-8-22)15-28(14-24)37-20-23-9-5-2-6-10-23/h1-17,25,34H,18-21H2/t25-/m0/s1.